The Hall–Kier alpha value is -2.91. The van der Waals surface area contributed by atoms with Gasteiger partial charge in [0.2, 0.25) is 0 Å². The fourth-order valence-electron chi connectivity index (χ4n) is 2.12. The van der Waals surface area contributed by atoms with Crippen LogP contribution in [0.15, 0.2) is 30.3 Å². The van der Waals surface area contributed by atoms with E-state index in [9.17, 15) is 22.8 Å². The van der Waals surface area contributed by atoms with E-state index >= 15 is 0 Å². The smallest absolute Gasteiger partial charge is 0.277 e. The molecule has 0 heterocycles. The Bertz CT molecular complexity index is 846. The average Bonchev–Trinajstić information content (AvgIpc) is 2.64. The van der Waals surface area contributed by atoms with Gasteiger partial charge in [0.15, 0.2) is 11.6 Å². The number of anilines is 2. The molecule has 6 nitrogen and oxygen atoms in total. The van der Waals surface area contributed by atoms with Crippen LogP contribution in [0.2, 0.25) is 0 Å². The molecule has 0 aliphatic heterocycles. The van der Waals surface area contributed by atoms with Gasteiger partial charge in [0.25, 0.3) is 5.91 Å². The van der Waals surface area contributed by atoms with Gasteiger partial charge in [0.05, 0.1) is 36.1 Å². The summed E-state index contributed by atoms with van der Waals surface area (Å²) in [6.45, 7) is 0.861. The zero-order valence-electron chi connectivity index (χ0n) is 14.3. The number of amides is 1. The summed E-state index contributed by atoms with van der Waals surface area (Å²) in [7, 11) is 0. The van der Waals surface area contributed by atoms with E-state index in [0.29, 0.717) is 11.8 Å². The van der Waals surface area contributed by atoms with Crippen LogP contribution in [-0.4, -0.2) is 30.5 Å². The summed E-state index contributed by atoms with van der Waals surface area (Å²) in [5, 5.41) is 11.2. The highest BCUT2D eigenvalue weighted by atomic mass is 19.2. The molecule has 2 aromatic rings. The number of benzene rings is 2. The number of rotatable bonds is 8. The average molecular weight is 382 g/mol. The van der Waals surface area contributed by atoms with Gasteiger partial charge in [0, 0.05) is 0 Å². The van der Waals surface area contributed by atoms with Gasteiger partial charge in [-0.05, 0) is 36.8 Å². The molecule has 0 unspecified atom stereocenters. The summed E-state index contributed by atoms with van der Waals surface area (Å²) in [6.07, 6.45) is 0.441. The van der Waals surface area contributed by atoms with Gasteiger partial charge in [0.1, 0.15) is 12.1 Å². The van der Waals surface area contributed by atoms with Gasteiger partial charge in [-0.25, -0.2) is 18.7 Å². The number of hydrogen-bond acceptors (Lipinski definition) is 5. The number of carbonyl (C=O) groups is 2. The minimum atomic E-state index is -1.37. The Labute approximate surface area is 152 Å². The number of aryl methyl sites for hydroxylation is 1. The summed E-state index contributed by atoms with van der Waals surface area (Å²) in [5.74, 6) is -5.12. The van der Waals surface area contributed by atoms with E-state index in [1.165, 1.54) is 12.1 Å². The first kappa shape index (κ1) is 20.4. The lowest BCUT2D eigenvalue weighted by atomic mass is 10.1. The van der Waals surface area contributed by atoms with Gasteiger partial charge in [-0.2, -0.15) is 0 Å². The van der Waals surface area contributed by atoms with Gasteiger partial charge < -0.3 is 15.2 Å². The van der Waals surface area contributed by atoms with Crippen LogP contribution < -0.4 is 10.8 Å². The third-order valence-corrected chi connectivity index (χ3v) is 3.61. The predicted octanol–water partition coefficient (Wildman–Crippen LogP) is 2.62. The molecular weight excluding hydrogens is 365 g/mol. The summed E-state index contributed by atoms with van der Waals surface area (Å²) in [4.78, 5) is 27.6. The maximum atomic E-state index is 14.2. The van der Waals surface area contributed by atoms with Crippen LogP contribution >= 0.6 is 0 Å². The van der Waals surface area contributed by atoms with E-state index in [0.717, 1.165) is 12.1 Å². The minimum absolute atomic E-state index is 0.152. The van der Waals surface area contributed by atoms with E-state index < -0.39 is 41.6 Å². The van der Waals surface area contributed by atoms with Crippen LogP contribution in [0.1, 0.15) is 15.9 Å². The fourth-order valence-corrected chi connectivity index (χ4v) is 2.12. The van der Waals surface area contributed by atoms with Gasteiger partial charge in [-0.1, -0.05) is 6.07 Å². The Morgan fingerprint density at radius 2 is 1.96 bits per heavy atom. The van der Waals surface area contributed by atoms with E-state index in [2.05, 4.69) is 5.32 Å². The van der Waals surface area contributed by atoms with Crippen molar-refractivity contribution in [3.63, 3.8) is 0 Å². The third kappa shape index (κ3) is 5.05. The molecule has 144 valence electrons. The van der Waals surface area contributed by atoms with Crippen molar-refractivity contribution < 1.29 is 32.7 Å². The number of aliphatic hydroxyl groups excluding tert-OH is 1. The topological polar surface area (TPSA) is 87.7 Å². The van der Waals surface area contributed by atoms with Crippen molar-refractivity contribution in [1.82, 2.24) is 5.48 Å². The zero-order chi connectivity index (χ0) is 20.0. The maximum absolute atomic E-state index is 14.2. The van der Waals surface area contributed by atoms with Crippen LogP contribution in [0.3, 0.4) is 0 Å². The molecule has 0 fully saturated rings. The monoisotopic (exact) mass is 382 g/mol. The molecule has 0 saturated heterocycles. The first-order valence-corrected chi connectivity index (χ1v) is 7.86. The molecule has 1 atom stereocenters. The van der Waals surface area contributed by atoms with Crippen LogP contribution in [0.25, 0.3) is 0 Å². The fraction of sp³-hybridized carbons (Fsp3) is 0.222. The molecule has 1 amide bonds. The molecular formula is C18H17F3N2O4. The van der Waals surface area contributed by atoms with E-state index in [4.69, 9.17) is 9.94 Å². The minimum Gasteiger partial charge on any atom is -0.396 e. The summed E-state index contributed by atoms with van der Waals surface area (Å²) < 4.78 is 41.8. The van der Waals surface area contributed by atoms with Crippen molar-refractivity contribution >= 4 is 23.6 Å². The molecule has 3 N–H and O–H groups in total. The SMILES string of the molecule is Cc1ccc(Nc2c(C(=O)NOC[C@H](C=O)CO)ccc(F)c2F)c(F)c1. The molecule has 0 aromatic heterocycles. The number of hydroxylamine groups is 1. The number of aldehydes is 1. The highest BCUT2D eigenvalue weighted by Gasteiger charge is 2.20. The molecule has 0 radical (unpaired) electrons. The van der Waals surface area contributed by atoms with Gasteiger partial charge in [-0.3, -0.25) is 9.63 Å². The van der Waals surface area contributed by atoms with Crippen molar-refractivity contribution in [2.45, 2.75) is 6.92 Å². The van der Waals surface area contributed by atoms with Crippen LogP contribution in [0.4, 0.5) is 24.5 Å². The third-order valence-electron chi connectivity index (χ3n) is 3.61. The number of nitrogens with one attached hydrogen (secondary N) is 2. The van der Waals surface area contributed by atoms with Crippen LogP contribution in [0.5, 0.6) is 0 Å². The van der Waals surface area contributed by atoms with E-state index in [1.54, 1.807) is 13.0 Å². The largest absolute Gasteiger partial charge is 0.396 e. The molecule has 0 bridgehead atoms. The second-order valence-electron chi connectivity index (χ2n) is 5.71. The number of aliphatic hydroxyl groups is 1. The van der Waals surface area contributed by atoms with Gasteiger partial charge in [-0.15, -0.1) is 0 Å². The lowest BCUT2D eigenvalue weighted by molar-refractivity contribution is -0.115. The lowest BCUT2D eigenvalue weighted by Gasteiger charge is -2.15. The highest BCUT2D eigenvalue weighted by Crippen LogP contribution is 2.28. The first-order valence-electron chi connectivity index (χ1n) is 7.86. The van der Waals surface area contributed by atoms with Crippen molar-refractivity contribution in [1.29, 1.82) is 0 Å². The predicted molar refractivity (Wildman–Crippen MR) is 90.8 cm³/mol. The number of halogens is 3. The Kier molecular flexibility index (Phi) is 6.91. The molecule has 2 rings (SSSR count). The van der Waals surface area contributed by atoms with Crippen molar-refractivity contribution in [3.8, 4) is 0 Å². The Balaban J connectivity index is 2.25. The zero-order valence-corrected chi connectivity index (χ0v) is 14.3. The Morgan fingerprint density at radius 3 is 2.59 bits per heavy atom. The summed E-state index contributed by atoms with van der Waals surface area (Å²) in [5.41, 5.74) is 1.51. The number of carbonyl (C=O) groups excluding carboxylic acids is 2. The van der Waals surface area contributed by atoms with E-state index in [-0.39, 0.29) is 17.9 Å². The second kappa shape index (κ2) is 9.15. The molecule has 0 aliphatic rings. The number of hydrogen-bond donors (Lipinski definition) is 3. The van der Waals surface area contributed by atoms with Crippen molar-refractivity contribution in [2.24, 2.45) is 5.92 Å². The molecule has 2 aromatic carbocycles. The van der Waals surface area contributed by atoms with Crippen LogP contribution in [0, 0.1) is 30.3 Å². The van der Waals surface area contributed by atoms with E-state index in [1.807, 2.05) is 5.48 Å². The first-order chi connectivity index (χ1) is 12.9. The van der Waals surface area contributed by atoms with Crippen molar-refractivity contribution in [2.75, 3.05) is 18.5 Å². The maximum Gasteiger partial charge on any atom is 0.277 e. The van der Waals surface area contributed by atoms with Crippen molar-refractivity contribution in [3.05, 3.63) is 58.9 Å². The van der Waals surface area contributed by atoms with Gasteiger partial charge >= 0.3 is 0 Å². The quantitative estimate of drug-likeness (QED) is 0.483. The second-order valence-corrected chi connectivity index (χ2v) is 5.71. The summed E-state index contributed by atoms with van der Waals surface area (Å²) in [6, 6.07) is 5.80. The molecule has 0 aliphatic carbocycles. The molecule has 9 heteroatoms. The van der Waals surface area contributed by atoms with Crippen LogP contribution in [-0.2, 0) is 9.63 Å². The molecule has 0 spiro atoms. The highest BCUT2D eigenvalue weighted by molar-refractivity contribution is 6.00. The normalized spacial score (nSPS) is 11.7. The molecule has 0 saturated carbocycles. The molecule has 27 heavy (non-hydrogen) atoms. The lowest BCUT2D eigenvalue weighted by Crippen LogP contribution is -2.29. The standard InChI is InChI=1S/C18H17F3N2O4/c1-10-2-5-15(14(20)6-10)22-17-12(3-4-13(19)16(17)21)18(26)23-27-9-11(7-24)8-25/h2-7,11,22,25H,8-9H2,1H3,(H,23,26)/t11-/m1/s1. The summed E-state index contributed by atoms with van der Waals surface area (Å²) >= 11 is 0. The Morgan fingerprint density at radius 1 is 1.22 bits per heavy atom.